The number of nitrogens with one attached hydrogen (secondary N) is 1. The van der Waals surface area contributed by atoms with E-state index in [2.05, 4.69) is 48.1 Å². The fourth-order valence-corrected chi connectivity index (χ4v) is 4.47. The second kappa shape index (κ2) is 9.02. The summed E-state index contributed by atoms with van der Waals surface area (Å²) in [5.74, 6) is 0.762. The zero-order valence-corrected chi connectivity index (χ0v) is 18.1. The van der Waals surface area contributed by atoms with Gasteiger partial charge in [-0.25, -0.2) is 4.68 Å². The summed E-state index contributed by atoms with van der Waals surface area (Å²) in [6.07, 6.45) is 5.33. The number of aliphatic hydroxyl groups is 1. The summed E-state index contributed by atoms with van der Waals surface area (Å²) in [6, 6.07) is 12.9. The van der Waals surface area contributed by atoms with Gasteiger partial charge in [-0.3, -0.25) is 0 Å². The number of nitrogens with zero attached hydrogens (tertiary/aromatic N) is 2. The van der Waals surface area contributed by atoms with Crippen molar-refractivity contribution in [3.8, 4) is 11.4 Å². The van der Waals surface area contributed by atoms with Crippen LogP contribution in [-0.2, 0) is 19.6 Å². The molecule has 158 valence electrons. The third kappa shape index (κ3) is 4.27. The Labute approximate surface area is 178 Å². The lowest BCUT2D eigenvalue weighted by atomic mass is 9.92. The maximum Gasteiger partial charge on any atom is 0.124 e. The van der Waals surface area contributed by atoms with Crippen molar-refractivity contribution in [2.24, 2.45) is 0 Å². The molecule has 0 saturated heterocycles. The number of hydrogen-bond acceptors (Lipinski definition) is 4. The maximum absolute atomic E-state index is 9.66. The molecule has 0 amide bonds. The van der Waals surface area contributed by atoms with Gasteiger partial charge < -0.3 is 15.2 Å². The Hall–Kier alpha value is -2.63. The second-order valence-corrected chi connectivity index (χ2v) is 8.16. The quantitative estimate of drug-likeness (QED) is 0.606. The Balaban J connectivity index is 1.53. The average Bonchev–Trinajstić information content (AvgIpc) is 3.17. The zero-order chi connectivity index (χ0) is 21.1. The summed E-state index contributed by atoms with van der Waals surface area (Å²) >= 11 is 0. The minimum atomic E-state index is -0.0145. The van der Waals surface area contributed by atoms with E-state index < -0.39 is 0 Å². The average molecular weight is 406 g/mol. The molecular weight excluding hydrogens is 374 g/mol. The SMILES string of the molecule is CCOc1ccc(CN[C@H]2CCCc3c2cnn3-c2cc(C)cc(C)c2)cc1CO. The lowest BCUT2D eigenvalue weighted by Crippen LogP contribution is -2.25. The molecule has 1 aliphatic carbocycles. The summed E-state index contributed by atoms with van der Waals surface area (Å²) in [4.78, 5) is 0. The van der Waals surface area contributed by atoms with Crippen molar-refractivity contribution in [1.82, 2.24) is 15.1 Å². The van der Waals surface area contributed by atoms with E-state index in [1.54, 1.807) is 0 Å². The standard InChI is InChI=1S/C25H31N3O2/c1-4-30-25-9-8-19(13-20(25)16-29)14-26-23-6-5-7-24-22(23)15-27-28(24)21-11-17(2)10-18(3)12-21/h8-13,15,23,26,29H,4-7,14,16H2,1-3H3/t23-/m0/s1. The van der Waals surface area contributed by atoms with Gasteiger partial charge in [-0.15, -0.1) is 0 Å². The molecule has 1 heterocycles. The minimum absolute atomic E-state index is 0.0145. The van der Waals surface area contributed by atoms with Gasteiger partial charge in [-0.1, -0.05) is 12.1 Å². The van der Waals surface area contributed by atoms with E-state index >= 15 is 0 Å². The molecule has 0 aliphatic heterocycles. The van der Waals surface area contributed by atoms with E-state index in [0.717, 1.165) is 48.4 Å². The van der Waals surface area contributed by atoms with Gasteiger partial charge in [0, 0.05) is 29.4 Å². The fourth-order valence-electron chi connectivity index (χ4n) is 4.47. The molecule has 0 bridgehead atoms. The summed E-state index contributed by atoms with van der Waals surface area (Å²) in [5, 5.41) is 18.1. The first-order valence-corrected chi connectivity index (χ1v) is 10.8. The minimum Gasteiger partial charge on any atom is -0.494 e. The van der Waals surface area contributed by atoms with Crippen molar-refractivity contribution < 1.29 is 9.84 Å². The summed E-state index contributed by atoms with van der Waals surface area (Å²) in [6.45, 7) is 7.55. The molecular formula is C25H31N3O2. The molecule has 5 heteroatoms. The molecule has 2 aromatic carbocycles. The van der Waals surface area contributed by atoms with Gasteiger partial charge in [0.15, 0.2) is 0 Å². The van der Waals surface area contributed by atoms with Gasteiger partial charge in [0.25, 0.3) is 0 Å². The van der Waals surface area contributed by atoms with Crippen LogP contribution in [-0.4, -0.2) is 21.5 Å². The third-order valence-corrected chi connectivity index (χ3v) is 5.78. The van der Waals surface area contributed by atoms with Crippen LogP contribution < -0.4 is 10.1 Å². The molecule has 5 nitrogen and oxygen atoms in total. The molecule has 0 unspecified atom stereocenters. The Bertz CT molecular complexity index is 1000. The Morgan fingerprint density at radius 3 is 2.70 bits per heavy atom. The molecule has 1 atom stereocenters. The third-order valence-electron chi connectivity index (χ3n) is 5.78. The molecule has 0 spiro atoms. The molecule has 3 aromatic rings. The van der Waals surface area contributed by atoms with Crippen molar-refractivity contribution in [1.29, 1.82) is 0 Å². The first kappa shape index (κ1) is 20.6. The van der Waals surface area contributed by atoms with Crippen LogP contribution in [0, 0.1) is 13.8 Å². The van der Waals surface area contributed by atoms with E-state index in [0.29, 0.717) is 6.61 Å². The summed E-state index contributed by atoms with van der Waals surface area (Å²) < 4.78 is 7.71. The second-order valence-electron chi connectivity index (χ2n) is 8.16. The van der Waals surface area contributed by atoms with Crippen molar-refractivity contribution in [3.05, 3.63) is 76.1 Å². The van der Waals surface area contributed by atoms with Crippen LogP contribution in [0.2, 0.25) is 0 Å². The molecule has 0 radical (unpaired) electrons. The smallest absolute Gasteiger partial charge is 0.124 e. The largest absolute Gasteiger partial charge is 0.494 e. The predicted molar refractivity (Wildman–Crippen MR) is 119 cm³/mol. The number of hydrogen-bond donors (Lipinski definition) is 2. The topological polar surface area (TPSA) is 59.3 Å². The first-order valence-electron chi connectivity index (χ1n) is 10.8. The molecule has 2 N–H and O–H groups in total. The van der Waals surface area contributed by atoms with Crippen LogP contribution in [0.4, 0.5) is 0 Å². The highest BCUT2D eigenvalue weighted by molar-refractivity contribution is 5.42. The highest BCUT2D eigenvalue weighted by Gasteiger charge is 2.24. The van der Waals surface area contributed by atoms with Gasteiger partial charge in [-0.2, -0.15) is 5.10 Å². The molecule has 0 saturated carbocycles. The van der Waals surface area contributed by atoms with Crippen molar-refractivity contribution >= 4 is 0 Å². The van der Waals surface area contributed by atoms with Crippen LogP contribution in [0.1, 0.15) is 59.3 Å². The number of fused-ring (bicyclic) bond motifs is 1. The van der Waals surface area contributed by atoms with Crippen LogP contribution in [0.3, 0.4) is 0 Å². The summed E-state index contributed by atoms with van der Waals surface area (Å²) in [5.41, 5.74) is 8.26. The molecule has 4 rings (SSSR count). The molecule has 1 aromatic heterocycles. The monoisotopic (exact) mass is 405 g/mol. The normalized spacial score (nSPS) is 15.8. The maximum atomic E-state index is 9.66. The fraction of sp³-hybridized carbons (Fsp3) is 0.400. The van der Waals surface area contributed by atoms with Crippen molar-refractivity contribution in [2.45, 2.75) is 59.2 Å². The van der Waals surface area contributed by atoms with E-state index in [-0.39, 0.29) is 12.6 Å². The first-order chi connectivity index (χ1) is 14.6. The molecule has 1 aliphatic rings. The molecule has 30 heavy (non-hydrogen) atoms. The highest BCUT2D eigenvalue weighted by atomic mass is 16.5. The van der Waals surface area contributed by atoms with Crippen LogP contribution >= 0.6 is 0 Å². The predicted octanol–water partition coefficient (Wildman–Crippen LogP) is 4.55. The van der Waals surface area contributed by atoms with E-state index in [1.165, 1.54) is 22.4 Å². The summed E-state index contributed by atoms with van der Waals surface area (Å²) in [7, 11) is 0. The van der Waals surface area contributed by atoms with Crippen LogP contribution in [0.25, 0.3) is 5.69 Å². The van der Waals surface area contributed by atoms with Crippen LogP contribution in [0.5, 0.6) is 5.75 Å². The van der Waals surface area contributed by atoms with Gasteiger partial charge in [0.1, 0.15) is 5.75 Å². The lowest BCUT2D eigenvalue weighted by molar-refractivity contribution is 0.267. The van der Waals surface area contributed by atoms with Crippen molar-refractivity contribution in [2.75, 3.05) is 6.61 Å². The Morgan fingerprint density at radius 1 is 1.17 bits per heavy atom. The van der Waals surface area contributed by atoms with E-state index in [9.17, 15) is 5.11 Å². The number of ether oxygens (including phenoxy) is 1. The van der Waals surface area contributed by atoms with E-state index in [1.807, 2.05) is 25.3 Å². The number of aryl methyl sites for hydroxylation is 2. The van der Waals surface area contributed by atoms with Crippen molar-refractivity contribution in [3.63, 3.8) is 0 Å². The Morgan fingerprint density at radius 2 is 1.97 bits per heavy atom. The number of aliphatic hydroxyl groups excluding tert-OH is 1. The number of rotatable bonds is 7. The zero-order valence-electron chi connectivity index (χ0n) is 18.1. The number of aromatic nitrogens is 2. The van der Waals surface area contributed by atoms with Gasteiger partial charge in [0.2, 0.25) is 0 Å². The number of benzene rings is 2. The molecule has 0 fully saturated rings. The van der Waals surface area contributed by atoms with Crippen LogP contribution in [0.15, 0.2) is 42.6 Å². The van der Waals surface area contributed by atoms with Gasteiger partial charge in [0.05, 0.1) is 25.1 Å². The lowest BCUT2D eigenvalue weighted by Gasteiger charge is -2.25. The Kier molecular flexibility index (Phi) is 6.21. The van der Waals surface area contributed by atoms with Gasteiger partial charge >= 0.3 is 0 Å². The highest BCUT2D eigenvalue weighted by Crippen LogP contribution is 2.32. The van der Waals surface area contributed by atoms with E-state index in [4.69, 9.17) is 9.84 Å². The van der Waals surface area contributed by atoms with Gasteiger partial charge in [-0.05, 0) is 81.0 Å².